The molecule has 1 fully saturated rings. The Morgan fingerprint density at radius 3 is 2.20 bits per heavy atom. The van der Waals surface area contributed by atoms with E-state index in [-0.39, 0.29) is 41.1 Å². The molecule has 0 unspecified atom stereocenters. The maximum atomic E-state index is 15.2. The van der Waals surface area contributed by atoms with E-state index in [9.17, 15) is 18.0 Å². The van der Waals surface area contributed by atoms with Crippen molar-refractivity contribution in [3.05, 3.63) is 120 Å². The number of carbonyl (C=O) groups excluding carboxylic acids is 2. The summed E-state index contributed by atoms with van der Waals surface area (Å²) in [5, 5.41) is 3.17. The molecule has 0 aliphatic heterocycles. The molecule has 1 atom stereocenters. The first-order chi connectivity index (χ1) is 24.2. The molecule has 1 saturated carbocycles. The number of hydrogen-bond acceptors (Lipinski definition) is 6. The second-order valence-corrected chi connectivity index (χ2v) is 15.0. The maximum Gasteiger partial charge on any atom is 0.264 e. The number of nitrogens with zero attached hydrogens (tertiary/aromatic N) is 2. The summed E-state index contributed by atoms with van der Waals surface area (Å²) in [6.45, 7) is 1.41. The summed E-state index contributed by atoms with van der Waals surface area (Å²) in [7, 11) is -4.28. The quantitative estimate of drug-likeness (QED) is 0.131. The molecule has 0 aromatic heterocycles. The Hall–Kier alpha value is -4.35. The first-order valence-corrected chi connectivity index (χ1v) is 19.6. The zero-order valence-electron chi connectivity index (χ0n) is 28.5. The molecule has 0 spiro atoms. The Morgan fingerprint density at radius 2 is 1.56 bits per heavy atom. The van der Waals surface area contributed by atoms with Crippen molar-refractivity contribution in [2.45, 2.75) is 73.9 Å². The third kappa shape index (κ3) is 9.45. The number of benzene rings is 4. The van der Waals surface area contributed by atoms with E-state index in [4.69, 9.17) is 4.74 Å². The molecular formula is C39H44FN3O5S2. The zero-order valence-corrected chi connectivity index (χ0v) is 30.1. The van der Waals surface area contributed by atoms with Crippen LogP contribution in [-0.2, 0) is 32.6 Å². The highest BCUT2D eigenvalue weighted by molar-refractivity contribution is 7.98. The van der Waals surface area contributed by atoms with Gasteiger partial charge in [0.2, 0.25) is 11.8 Å². The summed E-state index contributed by atoms with van der Waals surface area (Å²) >= 11 is 1.48. The predicted molar refractivity (Wildman–Crippen MR) is 196 cm³/mol. The van der Waals surface area contributed by atoms with Crippen LogP contribution < -0.4 is 14.4 Å². The van der Waals surface area contributed by atoms with Gasteiger partial charge in [0.25, 0.3) is 10.0 Å². The lowest BCUT2D eigenvalue weighted by atomic mass is 9.94. The molecule has 5 rings (SSSR count). The van der Waals surface area contributed by atoms with Crippen LogP contribution in [0.15, 0.2) is 113 Å². The van der Waals surface area contributed by atoms with E-state index < -0.39 is 34.3 Å². The van der Waals surface area contributed by atoms with Crippen molar-refractivity contribution in [1.29, 1.82) is 0 Å². The zero-order chi connectivity index (χ0) is 35.5. The first kappa shape index (κ1) is 36.9. The van der Waals surface area contributed by atoms with Crippen LogP contribution in [0.4, 0.5) is 10.1 Å². The minimum Gasteiger partial charge on any atom is -0.494 e. The summed E-state index contributed by atoms with van der Waals surface area (Å²) < 4.78 is 50.5. The second-order valence-electron chi connectivity index (χ2n) is 12.3. The molecule has 4 aromatic rings. The highest BCUT2D eigenvalue weighted by Gasteiger charge is 2.36. The summed E-state index contributed by atoms with van der Waals surface area (Å²) in [5.41, 5.74) is 1.27. The molecule has 0 bridgehead atoms. The summed E-state index contributed by atoms with van der Waals surface area (Å²) in [6, 6.07) is 27.3. The molecule has 264 valence electrons. The van der Waals surface area contributed by atoms with Gasteiger partial charge in [0.1, 0.15) is 24.2 Å². The summed E-state index contributed by atoms with van der Waals surface area (Å²) in [4.78, 5) is 31.2. The van der Waals surface area contributed by atoms with Crippen LogP contribution in [0.3, 0.4) is 0 Å². The average Bonchev–Trinajstić information content (AvgIpc) is 3.14. The number of carbonyl (C=O) groups is 2. The topological polar surface area (TPSA) is 96.0 Å². The molecule has 4 aromatic carbocycles. The monoisotopic (exact) mass is 717 g/mol. The maximum absolute atomic E-state index is 15.2. The lowest BCUT2D eigenvalue weighted by Gasteiger charge is -2.35. The first-order valence-electron chi connectivity index (χ1n) is 17.0. The number of hydrogen-bond donors (Lipinski definition) is 1. The molecule has 1 aliphatic rings. The number of sulfonamides is 1. The van der Waals surface area contributed by atoms with E-state index in [1.165, 1.54) is 34.9 Å². The van der Waals surface area contributed by atoms with Gasteiger partial charge in [-0.15, -0.1) is 11.8 Å². The number of anilines is 1. The largest absolute Gasteiger partial charge is 0.494 e. The van der Waals surface area contributed by atoms with Crippen LogP contribution in [-0.4, -0.2) is 56.6 Å². The van der Waals surface area contributed by atoms with E-state index in [1.807, 2.05) is 43.5 Å². The highest BCUT2D eigenvalue weighted by atomic mass is 32.2. The van der Waals surface area contributed by atoms with Gasteiger partial charge in [-0.3, -0.25) is 13.9 Å². The fraction of sp³-hybridized carbons (Fsp3) is 0.333. The number of thioether (sulfide) groups is 1. The number of ether oxygens (including phenoxy) is 1. The van der Waals surface area contributed by atoms with E-state index in [2.05, 4.69) is 5.32 Å². The Kier molecular flexibility index (Phi) is 12.9. The van der Waals surface area contributed by atoms with Gasteiger partial charge in [-0.2, -0.15) is 0 Å². The van der Waals surface area contributed by atoms with Gasteiger partial charge in [0, 0.05) is 29.5 Å². The van der Waals surface area contributed by atoms with Gasteiger partial charge in [-0.05, 0) is 86.2 Å². The van der Waals surface area contributed by atoms with Crippen LogP contribution in [0.25, 0.3) is 0 Å². The Morgan fingerprint density at radius 1 is 0.900 bits per heavy atom. The van der Waals surface area contributed by atoms with Crippen LogP contribution in [0.5, 0.6) is 5.75 Å². The van der Waals surface area contributed by atoms with Crippen molar-refractivity contribution in [1.82, 2.24) is 10.2 Å². The van der Waals surface area contributed by atoms with Crippen LogP contribution in [0.2, 0.25) is 0 Å². The fourth-order valence-electron chi connectivity index (χ4n) is 6.19. The highest BCUT2D eigenvalue weighted by Crippen LogP contribution is 2.28. The number of amides is 2. The summed E-state index contributed by atoms with van der Waals surface area (Å²) in [6.07, 6.45) is 6.83. The lowest BCUT2D eigenvalue weighted by molar-refractivity contribution is -0.140. The Labute approximate surface area is 299 Å². The van der Waals surface area contributed by atoms with Gasteiger partial charge in [-0.1, -0.05) is 67.8 Å². The van der Waals surface area contributed by atoms with Crippen molar-refractivity contribution in [3.8, 4) is 5.75 Å². The van der Waals surface area contributed by atoms with Crippen molar-refractivity contribution in [3.63, 3.8) is 0 Å². The predicted octanol–water partition coefficient (Wildman–Crippen LogP) is 7.23. The minimum absolute atomic E-state index is 0.00788. The van der Waals surface area contributed by atoms with Gasteiger partial charge in [-0.25, -0.2) is 12.8 Å². The molecule has 11 heteroatoms. The van der Waals surface area contributed by atoms with Gasteiger partial charge in [0.15, 0.2) is 0 Å². The fourth-order valence-corrected chi connectivity index (χ4v) is 8.01. The van der Waals surface area contributed by atoms with Crippen LogP contribution >= 0.6 is 11.8 Å². The van der Waals surface area contributed by atoms with Crippen molar-refractivity contribution >= 4 is 39.3 Å². The number of nitrogens with one attached hydrogen (secondary N) is 1. The van der Waals surface area contributed by atoms with Crippen molar-refractivity contribution in [2.24, 2.45) is 0 Å². The molecule has 2 amide bonds. The Balaban J connectivity index is 1.57. The number of halogens is 1. The SMILES string of the molecule is CCOc1ccc(N(CC(=O)N(Cc2ccccc2F)[C@H](Cc2ccccc2)C(=O)NC2CCCCC2)S(=O)(=O)c2ccc(SC)cc2)cc1. The third-order valence-electron chi connectivity index (χ3n) is 8.88. The second kappa shape index (κ2) is 17.5. The smallest absolute Gasteiger partial charge is 0.264 e. The van der Waals surface area contributed by atoms with Crippen molar-refractivity contribution in [2.75, 3.05) is 23.7 Å². The van der Waals surface area contributed by atoms with Gasteiger partial charge in [0.05, 0.1) is 17.2 Å². The van der Waals surface area contributed by atoms with E-state index in [1.54, 1.807) is 54.6 Å². The Bertz CT molecular complexity index is 1820. The number of rotatable bonds is 15. The molecule has 0 heterocycles. The van der Waals surface area contributed by atoms with E-state index in [0.29, 0.717) is 12.4 Å². The van der Waals surface area contributed by atoms with Crippen LogP contribution in [0.1, 0.15) is 50.2 Å². The molecule has 8 nitrogen and oxygen atoms in total. The van der Waals surface area contributed by atoms with Gasteiger partial charge < -0.3 is 15.0 Å². The normalized spacial score (nSPS) is 14.1. The third-order valence-corrected chi connectivity index (χ3v) is 11.4. The molecule has 50 heavy (non-hydrogen) atoms. The van der Waals surface area contributed by atoms with Crippen LogP contribution in [0, 0.1) is 5.82 Å². The summed E-state index contributed by atoms with van der Waals surface area (Å²) in [5.74, 6) is -0.978. The van der Waals surface area contributed by atoms with Crippen molar-refractivity contribution < 1.29 is 27.1 Å². The molecule has 1 aliphatic carbocycles. The molecular weight excluding hydrogens is 674 g/mol. The average molecular weight is 718 g/mol. The standard InChI is InChI=1S/C39H44FN3O5S2/c1-3-48-33-20-18-32(19-21-33)43(50(46,47)35-24-22-34(49-2)23-25-35)28-38(44)42(27-30-14-10-11-17-36(30)40)37(26-29-12-6-4-7-13-29)39(45)41-31-15-8-5-9-16-31/h4,6-7,10-14,17-25,31,37H,3,5,8-9,15-16,26-28H2,1-2H3,(H,41,45)/t37-/m1/s1. The van der Waals surface area contributed by atoms with E-state index in [0.717, 1.165) is 46.9 Å². The molecule has 0 saturated heterocycles. The van der Waals surface area contributed by atoms with Gasteiger partial charge >= 0.3 is 0 Å². The minimum atomic E-state index is -4.28. The molecule has 0 radical (unpaired) electrons. The lowest BCUT2D eigenvalue weighted by Crippen LogP contribution is -2.55. The van der Waals surface area contributed by atoms with E-state index >= 15 is 4.39 Å². The molecule has 1 N–H and O–H groups in total.